The van der Waals surface area contributed by atoms with Crippen LogP contribution in [-0.4, -0.2) is 43.9 Å². The lowest BCUT2D eigenvalue weighted by atomic mass is 10.1. The van der Waals surface area contributed by atoms with Crippen molar-refractivity contribution in [3.8, 4) is 5.75 Å². The summed E-state index contributed by atoms with van der Waals surface area (Å²) in [6.45, 7) is 2.24. The highest BCUT2D eigenvalue weighted by Gasteiger charge is 2.14. The second kappa shape index (κ2) is 12.6. The number of likely N-dealkylation sites (N-methyl/N-ethyl adjacent to an activating group) is 1. The van der Waals surface area contributed by atoms with E-state index in [-0.39, 0.29) is 6.61 Å². The molecule has 0 saturated heterocycles. The van der Waals surface area contributed by atoms with E-state index in [1.54, 1.807) is 19.1 Å². The molecule has 0 aromatic heterocycles. The molecule has 0 aliphatic carbocycles. The number of aliphatic hydroxyl groups excluding tert-OH is 1. The Balaban J connectivity index is 1.68. The Hall–Kier alpha value is -2.44. The Morgan fingerprint density at radius 3 is 2.41 bits per heavy atom. The standard InChI is InChI=1S/C26H29ClN2O2S/c1-28(17-5-6-21-9-11-23(27)12-10-21)20-22-7-3-4-8-26(22)29(18-19-30)32-25-15-13-24(31-2)14-16-25/h3-16,30H,17-20H2,1-2H3/b6-5+. The van der Waals surface area contributed by atoms with Crippen LogP contribution in [0.25, 0.3) is 6.08 Å². The molecule has 32 heavy (non-hydrogen) atoms. The lowest BCUT2D eigenvalue weighted by molar-refractivity contribution is 0.307. The maximum atomic E-state index is 9.67. The van der Waals surface area contributed by atoms with Crippen LogP contribution in [0.5, 0.6) is 5.75 Å². The zero-order valence-electron chi connectivity index (χ0n) is 18.4. The van der Waals surface area contributed by atoms with Crippen LogP contribution in [0.4, 0.5) is 5.69 Å². The first-order chi connectivity index (χ1) is 15.6. The molecule has 1 N–H and O–H groups in total. The molecule has 4 nitrogen and oxygen atoms in total. The zero-order chi connectivity index (χ0) is 22.8. The van der Waals surface area contributed by atoms with E-state index in [4.69, 9.17) is 16.3 Å². The Morgan fingerprint density at radius 2 is 1.72 bits per heavy atom. The Morgan fingerprint density at radius 1 is 1.00 bits per heavy atom. The van der Waals surface area contributed by atoms with Gasteiger partial charge in [-0.3, -0.25) is 4.90 Å². The highest BCUT2D eigenvalue weighted by Crippen LogP contribution is 2.32. The van der Waals surface area contributed by atoms with E-state index in [0.717, 1.165) is 40.0 Å². The van der Waals surface area contributed by atoms with Crippen molar-refractivity contribution in [2.75, 3.05) is 38.2 Å². The van der Waals surface area contributed by atoms with Gasteiger partial charge in [0.2, 0.25) is 0 Å². The first-order valence-corrected chi connectivity index (χ1v) is 11.6. The average Bonchev–Trinajstić information content (AvgIpc) is 2.81. The maximum Gasteiger partial charge on any atom is 0.118 e. The molecular weight excluding hydrogens is 440 g/mol. The van der Waals surface area contributed by atoms with E-state index in [2.05, 4.69) is 46.6 Å². The van der Waals surface area contributed by atoms with Crippen molar-refractivity contribution in [2.45, 2.75) is 11.4 Å². The molecule has 0 unspecified atom stereocenters. The van der Waals surface area contributed by atoms with Gasteiger partial charge in [-0.05, 0) is 72.6 Å². The van der Waals surface area contributed by atoms with E-state index in [0.29, 0.717) is 6.54 Å². The van der Waals surface area contributed by atoms with Crippen LogP contribution >= 0.6 is 23.5 Å². The van der Waals surface area contributed by atoms with Crippen molar-refractivity contribution in [2.24, 2.45) is 0 Å². The molecule has 0 atom stereocenters. The van der Waals surface area contributed by atoms with Gasteiger partial charge in [-0.25, -0.2) is 0 Å². The predicted molar refractivity (Wildman–Crippen MR) is 137 cm³/mol. The summed E-state index contributed by atoms with van der Waals surface area (Å²) in [6.07, 6.45) is 4.26. The largest absolute Gasteiger partial charge is 0.497 e. The van der Waals surface area contributed by atoms with Gasteiger partial charge in [0.15, 0.2) is 0 Å². The van der Waals surface area contributed by atoms with Gasteiger partial charge in [-0.1, -0.05) is 54.1 Å². The summed E-state index contributed by atoms with van der Waals surface area (Å²) < 4.78 is 7.40. The van der Waals surface area contributed by atoms with Crippen LogP contribution in [0, 0.1) is 0 Å². The topological polar surface area (TPSA) is 35.9 Å². The molecule has 3 rings (SSSR count). The number of rotatable bonds is 11. The SMILES string of the molecule is COc1ccc(SN(CCO)c2ccccc2CN(C)C/C=C/c2ccc(Cl)cc2)cc1. The third-order valence-corrected chi connectivity index (χ3v) is 6.21. The van der Waals surface area contributed by atoms with Gasteiger partial charge in [0.25, 0.3) is 0 Å². The number of methoxy groups -OCH3 is 1. The van der Waals surface area contributed by atoms with Crippen molar-refractivity contribution in [3.63, 3.8) is 0 Å². The minimum atomic E-state index is 0.0805. The Labute approximate surface area is 200 Å². The number of para-hydroxylation sites is 1. The Kier molecular flexibility index (Phi) is 9.50. The van der Waals surface area contributed by atoms with Gasteiger partial charge >= 0.3 is 0 Å². The molecule has 168 valence electrons. The molecule has 3 aromatic rings. The summed E-state index contributed by atoms with van der Waals surface area (Å²) in [5.74, 6) is 0.830. The highest BCUT2D eigenvalue weighted by atomic mass is 35.5. The lowest BCUT2D eigenvalue weighted by Crippen LogP contribution is -2.23. The number of benzene rings is 3. The molecule has 0 fully saturated rings. The van der Waals surface area contributed by atoms with Crippen molar-refractivity contribution in [3.05, 3.63) is 95.0 Å². The van der Waals surface area contributed by atoms with Gasteiger partial charge in [0.1, 0.15) is 5.75 Å². The van der Waals surface area contributed by atoms with Gasteiger partial charge in [0.05, 0.1) is 25.9 Å². The molecule has 0 heterocycles. The van der Waals surface area contributed by atoms with Crippen molar-refractivity contribution >= 4 is 35.3 Å². The molecule has 0 spiro atoms. The second-order valence-corrected chi connectivity index (χ2v) is 8.90. The van der Waals surface area contributed by atoms with Crippen LogP contribution in [0.15, 0.2) is 83.8 Å². The Bertz CT molecular complexity index is 993. The quantitative estimate of drug-likeness (QED) is 0.349. The third kappa shape index (κ3) is 7.31. The molecule has 0 radical (unpaired) electrons. The van der Waals surface area contributed by atoms with E-state index in [9.17, 15) is 5.11 Å². The summed E-state index contributed by atoms with van der Waals surface area (Å²) in [4.78, 5) is 3.36. The fraction of sp³-hybridized carbons (Fsp3) is 0.231. The smallest absolute Gasteiger partial charge is 0.118 e. The van der Waals surface area contributed by atoms with Gasteiger partial charge < -0.3 is 14.1 Å². The second-order valence-electron chi connectivity index (χ2n) is 7.37. The summed E-state index contributed by atoms with van der Waals surface area (Å²) in [6, 6.07) is 24.1. The van der Waals surface area contributed by atoms with E-state index in [1.807, 2.05) is 54.6 Å². The molecule has 6 heteroatoms. The number of hydrogen-bond donors (Lipinski definition) is 1. The predicted octanol–water partition coefficient (Wildman–Crippen LogP) is 6.00. The molecular formula is C26H29ClN2O2S. The van der Waals surface area contributed by atoms with Crippen LogP contribution in [0.3, 0.4) is 0 Å². The third-order valence-electron chi connectivity index (χ3n) is 4.88. The van der Waals surface area contributed by atoms with E-state index >= 15 is 0 Å². The maximum absolute atomic E-state index is 9.67. The number of hydrogen-bond acceptors (Lipinski definition) is 5. The molecule has 0 amide bonds. The average molecular weight is 469 g/mol. The summed E-state index contributed by atoms with van der Waals surface area (Å²) in [5.41, 5.74) is 3.45. The zero-order valence-corrected chi connectivity index (χ0v) is 20.0. The fourth-order valence-corrected chi connectivity index (χ4v) is 4.34. The van der Waals surface area contributed by atoms with Crippen LogP contribution in [0.1, 0.15) is 11.1 Å². The lowest BCUT2D eigenvalue weighted by Gasteiger charge is -2.26. The minimum Gasteiger partial charge on any atom is -0.497 e. The monoisotopic (exact) mass is 468 g/mol. The van der Waals surface area contributed by atoms with Crippen molar-refractivity contribution < 1.29 is 9.84 Å². The molecule has 0 saturated carbocycles. The molecule has 0 aliphatic heterocycles. The first-order valence-electron chi connectivity index (χ1n) is 10.5. The van der Waals surface area contributed by atoms with Crippen molar-refractivity contribution in [1.82, 2.24) is 4.90 Å². The number of anilines is 1. The normalized spacial score (nSPS) is 11.3. The number of ether oxygens (including phenoxy) is 1. The fourth-order valence-electron chi connectivity index (χ4n) is 3.26. The molecule has 0 bridgehead atoms. The molecule has 0 aliphatic rings. The van der Waals surface area contributed by atoms with Crippen LogP contribution < -0.4 is 9.04 Å². The number of nitrogens with zero attached hydrogens (tertiary/aromatic N) is 2. The van der Waals surface area contributed by atoms with Crippen molar-refractivity contribution in [1.29, 1.82) is 0 Å². The van der Waals surface area contributed by atoms with Crippen LogP contribution in [0.2, 0.25) is 5.02 Å². The van der Waals surface area contributed by atoms with Gasteiger partial charge in [-0.15, -0.1) is 0 Å². The molecule has 3 aromatic carbocycles. The summed E-state index contributed by atoms with van der Waals surface area (Å²) in [7, 11) is 3.77. The van der Waals surface area contributed by atoms with Crippen LogP contribution in [-0.2, 0) is 6.54 Å². The van der Waals surface area contributed by atoms with E-state index in [1.165, 1.54) is 5.56 Å². The minimum absolute atomic E-state index is 0.0805. The highest BCUT2D eigenvalue weighted by molar-refractivity contribution is 8.00. The van der Waals surface area contributed by atoms with E-state index < -0.39 is 0 Å². The van der Waals surface area contributed by atoms with Gasteiger partial charge in [0, 0.05) is 23.0 Å². The number of halogens is 1. The number of aliphatic hydroxyl groups is 1. The summed E-state index contributed by atoms with van der Waals surface area (Å²) >= 11 is 7.57. The summed E-state index contributed by atoms with van der Waals surface area (Å²) in [5, 5.41) is 10.4. The van der Waals surface area contributed by atoms with Gasteiger partial charge in [-0.2, -0.15) is 0 Å². The first kappa shape index (κ1) is 24.2.